The molecule has 1 aliphatic carbocycles. The second-order valence-corrected chi connectivity index (χ2v) is 10.1. The number of thiocarbonyl (C=S) groups is 1. The summed E-state index contributed by atoms with van der Waals surface area (Å²) in [6.07, 6.45) is 8.27. The van der Waals surface area contributed by atoms with E-state index in [0.29, 0.717) is 11.2 Å². The third-order valence-electron chi connectivity index (χ3n) is 7.35. The molecule has 182 valence electrons. The van der Waals surface area contributed by atoms with E-state index in [1.165, 1.54) is 56.0 Å². The third kappa shape index (κ3) is 4.57. The maximum atomic E-state index is 11.5. The fraction of sp³-hybridized carbons (Fsp3) is 0.393. The standard InChI is InChI=1S/C28H33N5OS/c1-18-17-24(19(2)32(18)22-9-5-4-6-10-22)27-26(25-11-7-8-16-29-25)31-28(35)33(27)23-14-12-21(13-15-23)30-20(3)34/h7-8,11-17,22,26-27H,4-6,9-10H2,1-3H3,(H,30,34)(H,31,35)/t26-,27+/m0/s1. The molecule has 2 N–H and O–H groups in total. The molecule has 0 unspecified atom stereocenters. The van der Waals surface area contributed by atoms with Crippen molar-refractivity contribution >= 4 is 34.6 Å². The molecule has 0 bridgehead atoms. The van der Waals surface area contributed by atoms with Gasteiger partial charge in [0.1, 0.15) is 0 Å². The van der Waals surface area contributed by atoms with Gasteiger partial charge in [-0.05, 0) is 86.9 Å². The summed E-state index contributed by atoms with van der Waals surface area (Å²) in [5.41, 5.74) is 6.63. The smallest absolute Gasteiger partial charge is 0.221 e. The van der Waals surface area contributed by atoms with Crippen molar-refractivity contribution in [2.45, 2.75) is 71.0 Å². The summed E-state index contributed by atoms with van der Waals surface area (Å²) in [5, 5.41) is 7.09. The maximum Gasteiger partial charge on any atom is 0.221 e. The minimum atomic E-state index is -0.0839. The Morgan fingerprint density at radius 2 is 1.83 bits per heavy atom. The SMILES string of the molecule is CC(=O)Nc1ccc(N2C(=S)N[C@@H](c3ccccn3)[C@H]2c2cc(C)n(C3CCCCC3)c2C)cc1. The van der Waals surface area contributed by atoms with Gasteiger partial charge in [-0.3, -0.25) is 9.78 Å². The van der Waals surface area contributed by atoms with Crippen LogP contribution in [0.15, 0.2) is 54.7 Å². The summed E-state index contributed by atoms with van der Waals surface area (Å²) in [6, 6.07) is 16.7. The van der Waals surface area contributed by atoms with E-state index in [1.54, 1.807) is 0 Å². The number of hydrogen-bond acceptors (Lipinski definition) is 3. The number of hydrogen-bond donors (Lipinski definition) is 2. The summed E-state index contributed by atoms with van der Waals surface area (Å²) in [4.78, 5) is 18.4. The van der Waals surface area contributed by atoms with Crippen molar-refractivity contribution in [2.24, 2.45) is 0 Å². The van der Waals surface area contributed by atoms with Crippen LogP contribution in [0.3, 0.4) is 0 Å². The average Bonchev–Trinajstić information content (AvgIpc) is 3.35. The maximum absolute atomic E-state index is 11.5. The molecule has 5 rings (SSSR count). The molecule has 35 heavy (non-hydrogen) atoms. The number of carbonyl (C=O) groups excluding carboxylic acids is 1. The van der Waals surface area contributed by atoms with Gasteiger partial charge in [0, 0.05) is 41.9 Å². The Bertz CT molecular complexity index is 1210. The molecule has 2 aliphatic rings. The first kappa shape index (κ1) is 23.5. The van der Waals surface area contributed by atoms with E-state index in [9.17, 15) is 4.79 Å². The number of nitrogens with one attached hydrogen (secondary N) is 2. The summed E-state index contributed by atoms with van der Waals surface area (Å²) in [6.45, 7) is 6.00. The number of pyridine rings is 1. The Hall–Kier alpha value is -3.19. The van der Waals surface area contributed by atoms with Crippen molar-refractivity contribution in [2.75, 3.05) is 10.2 Å². The Kier molecular flexibility index (Phi) is 6.60. The normalized spacial score (nSPS) is 20.7. The number of nitrogens with zero attached hydrogens (tertiary/aromatic N) is 3. The Morgan fingerprint density at radius 3 is 2.49 bits per heavy atom. The molecule has 7 heteroatoms. The van der Waals surface area contributed by atoms with Crippen LogP contribution in [0.2, 0.25) is 0 Å². The van der Waals surface area contributed by atoms with Gasteiger partial charge >= 0.3 is 0 Å². The molecule has 1 amide bonds. The van der Waals surface area contributed by atoms with Gasteiger partial charge in [0.2, 0.25) is 5.91 Å². The molecule has 2 atom stereocenters. The minimum absolute atomic E-state index is 0.0347. The van der Waals surface area contributed by atoms with E-state index in [4.69, 9.17) is 17.2 Å². The molecule has 0 spiro atoms. The summed E-state index contributed by atoms with van der Waals surface area (Å²) in [5.74, 6) is -0.0839. The number of benzene rings is 1. The summed E-state index contributed by atoms with van der Waals surface area (Å²) < 4.78 is 2.56. The van der Waals surface area contributed by atoms with Crippen molar-refractivity contribution < 1.29 is 4.79 Å². The van der Waals surface area contributed by atoms with Crippen LogP contribution >= 0.6 is 12.2 Å². The van der Waals surface area contributed by atoms with E-state index < -0.39 is 0 Å². The zero-order valence-corrected chi connectivity index (χ0v) is 21.4. The Morgan fingerprint density at radius 1 is 1.09 bits per heavy atom. The Labute approximate surface area is 212 Å². The van der Waals surface area contributed by atoms with Crippen LogP contribution in [0.25, 0.3) is 0 Å². The lowest BCUT2D eigenvalue weighted by Gasteiger charge is -2.30. The number of amides is 1. The summed E-state index contributed by atoms with van der Waals surface area (Å²) in [7, 11) is 0. The zero-order chi connectivity index (χ0) is 24.5. The highest BCUT2D eigenvalue weighted by Gasteiger charge is 2.42. The van der Waals surface area contributed by atoms with E-state index in [1.807, 2.05) is 42.6 Å². The van der Waals surface area contributed by atoms with Gasteiger partial charge in [0.25, 0.3) is 0 Å². The van der Waals surface area contributed by atoms with Crippen LogP contribution < -0.4 is 15.5 Å². The quantitative estimate of drug-likeness (QED) is 0.423. The van der Waals surface area contributed by atoms with Gasteiger partial charge in [-0.1, -0.05) is 25.3 Å². The van der Waals surface area contributed by atoms with Crippen LogP contribution in [-0.4, -0.2) is 20.6 Å². The highest BCUT2D eigenvalue weighted by Crippen LogP contribution is 2.44. The van der Waals surface area contributed by atoms with Crippen LogP contribution in [0.1, 0.15) is 79.8 Å². The van der Waals surface area contributed by atoms with E-state index in [0.717, 1.165) is 17.1 Å². The van der Waals surface area contributed by atoms with E-state index >= 15 is 0 Å². The molecule has 1 saturated carbocycles. The van der Waals surface area contributed by atoms with Crippen LogP contribution in [0.5, 0.6) is 0 Å². The van der Waals surface area contributed by atoms with Crippen LogP contribution in [0.4, 0.5) is 11.4 Å². The highest BCUT2D eigenvalue weighted by atomic mass is 32.1. The molecular formula is C28H33N5OS. The van der Waals surface area contributed by atoms with Gasteiger partial charge < -0.3 is 20.1 Å². The fourth-order valence-electron chi connectivity index (χ4n) is 5.86. The molecule has 2 fully saturated rings. The van der Waals surface area contributed by atoms with E-state index in [2.05, 4.69) is 46.1 Å². The number of aryl methyl sites for hydroxylation is 1. The van der Waals surface area contributed by atoms with Crippen molar-refractivity contribution in [1.29, 1.82) is 0 Å². The number of aromatic nitrogens is 2. The molecule has 3 heterocycles. The highest BCUT2D eigenvalue weighted by molar-refractivity contribution is 7.80. The molecule has 1 aliphatic heterocycles. The van der Waals surface area contributed by atoms with Gasteiger partial charge in [-0.15, -0.1) is 0 Å². The predicted octanol–water partition coefficient (Wildman–Crippen LogP) is 6.14. The van der Waals surface area contributed by atoms with Crippen LogP contribution in [0, 0.1) is 13.8 Å². The van der Waals surface area contributed by atoms with E-state index in [-0.39, 0.29) is 18.0 Å². The molecule has 0 radical (unpaired) electrons. The molecule has 6 nitrogen and oxygen atoms in total. The van der Waals surface area contributed by atoms with Crippen molar-refractivity contribution in [3.8, 4) is 0 Å². The molecular weight excluding hydrogens is 454 g/mol. The van der Waals surface area contributed by atoms with Crippen LogP contribution in [-0.2, 0) is 4.79 Å². The Balaban J connectivity index is 1.58. The van der Waals surface area contributed by atoms with Crippen molar-refractivity contribution in [3.05, 3.63) is 77.4 Å². The lowest BCUT2D eigenvalue weighted by Crippen LogP contribution is -2.29. The first-order chi connectivity index (χ1) is 16.9. The lowest BCUT2D eigenvalue weighted by atomic mass is 9.94. The monoisotopic (exact) mass is 487 g/mol. The van der Waals surface area contributed by atoms with Gasteiger partial charge in [-0.25, -0.2) is 0 Å². The number of anilines is 2. The minimum Gasteiger partial charge on any atom is -0.351 e. The average molecular weight is 488 g/mol. The molecule has 2 aromatic heterocycles. The topological polar surface area (TPSA) is 62.2 Å². The molecule has 1 aromatic carbocycles. The van der Waals surface area contributed by atoms with Gasteiger partial charge in [-0.2, -0.15) is 0 Å². The molecule has 1 saturated heterocycles. The fourth-order valence-corrected chi connectivity index (χ4v) is 6.21. The zero-order valence-electron chi connectivity index (χ0n) is 20.6. The largest absolute Gasteiger partial charge is 0.351 e. The summed E-state index contributed by atoms with van der Waals surface area (Å²) >= 11 is 5.90. The number of rotatable bonds is 5. The van der Waals surface area contributed by atoms with Crippen molar-refractivity contribution in [1.82, 2.24) is 14.9 Å². The van der Waals surface area contributed by atoms with Crippen molar-refractivity contribution in [3.63, 3.8) is 0 Å². The first-order valence-corrected chi connectivity index (χ1v) is 12.9. The second-order valence-electron chi connectivity index (χ2n) is 9.71. The number of carbonyl (C=O) groups is 1. The molecule has 3 aromatic rings. The second kappa shape index (κ2) is 9.82. The van der Waals surface area contributed by atoms with Gasteiger partial charge in [0.05, 0.1) is 17.8 Å². The third-order valence-corrected chi connectivity index (χ3v) is 7.66. The van der Waals surface area contributed by atoms with Gasteiger partial charge in [0.15, 0.2) is 5.11 Å². The first-order valence-electron chi connectivity index (χ1n) is 12.5. The lowest BCUT2D eigenvalue weighted by molar-refractivity contribution is -0.114. The predicted molar refractivity (Wildman–Crippen MR) is 145 cm³/mol.